The summed E-state index contributed by atoms with van der Waals surface area (Å²) in [5.74, 6) is 0.632. The Balaban J connectivity index is 1.66. The SMILES string of the molecule is CCCN1C[C@@H](NC(=O)N(CC)CC)C[C@@H]2c3cc(O)cc4[nH]cc(c34)C[C@H]21. The average Bonchev–Trinajstić information content (AvgIpc) is 3.07. The minimum absolute atomic E-state index is 0.0316. The van der Waals surface area contributed by atoms with Crippen molar-refractivity contribution in [1.82, 2.24) is 20.1 Å². The Morgan fingerprint density at radius 1 is 1.32 bits per heavy atom. The smallest absolute Gasteiger partial charge is 0.317 e. The largest absolute Gasteiger partial charge is 0.508 e. The lowest BCUT2D eigenvalue weighted by atomic mass is 9.73. The number of urea groups is 1. The molecule has 3 N–H and O–H groups in total. The first-order valence-corrected chi connectivity index (χ1v) is 10.7. The summed E-state index contributed by atoms with van der Waals surface area (Å²) in [6, 6.07) is 4.34. The van der Waals surface area contributed by atoms with E-state index in [-0.39, 0.29) is 12.1 Å². The van der Waals surface area contributed by atoms with Gasteiger partial charge in [-0.2, -0.15) is 0 Å². The molecule has 0 spiro atoms. The number of piperidine rings is 1. The number of fused-ring (bicyclic) bond motifs is 2. The predicted octanol–water partition coefficient (Wildman–Crippen LogP) is 3.42. The quantitative estimate of drug-likeness (QED) is 0.740. The van der Waals surface area contributed by atoms with Gasteiger partial charge >= 0.3 is 6.03 Å². The third-order valence-corrected chi connectivity index (χ3v) is 6.52. The second-order valence-corrected chi connectivity index (χ2v) is 8.20. The summed E-state index contributed by atoms with van der Waals surface area (Å²) in [7, 11) is 0. The number of H-pyrrole nitrogens is 1. The van der Waals surface area contributed by atoms with Crippen molar-refractivity contribution in [1.29, 1.82) is 0 Å². The van der Waals surface area contributed by atoms with Crippen molar-refractivity contribution in [3.05, 3.63) is 29.5 Å². The Kier molecular flexibility index (Phi) is 5.23. The highest BCUT2D eigenvalue weighted by Gasteiger charge is 2.41. The van der Waals surface area contributed by atoms with Gasteiger partial charge in [-0.1, -0.05) is 6.92 Å². The fourth-order valence-electron chi connectivity index (χ4n) is 5.28. The van der Waals surface area contributed by atoms with E-state index in [0.717, 1.165) is 51.0 Å². The molecule has 0 saturated carbocycles. The summed E-state index contributed by atoms with van der Waals surface area (Å²) in [4.78, 5) is 20.4. The lowest BCUT2D eigenvalue weighted by Crippen LogP contribution is -2.57. The number of likely N-dealkylation sites (tertiary alicyclic amines) is 1. The average molecular weight is 385 g/mol. The number of amides is 2. The molecule has 2 aliphatic rings. The molecule has 152 valence electrons. The second kappa shape index (κ2) is 7.66. The van der Waals surface area contributed by atoms with Crippen LogP contribution >= 0.6 is 0 Å². The molecule has 1 aromatic carbocycles. The predicted molar refractivity (Wildman–Crippen MR) is 112 cm³/mol. The van der Waals surface area contributed by atoms with E-state index in [0.29, 0.717) is 17.7 Å². The molecule has 28 heavy (non-hydrogen) atoms. The van der Waals surface area contributed by atoms with Crippen LogP contribution in [0.4, 0.5) is 4.79 Å². The van der Waals surface area contributed by atoms with Gasteiger partial charge in [0.2, 0.25) is 0 Å². The van der Waals surface area contributed by atoms with Crippen molar-refractivity contribution < 1.29 is 9.90 Å². The number of phenols is 1. The van der Waals surface area contributed by atoms with Gasteiger partial charge < -0.3 is 20.3 Å². The third kappa shape index (κ3) is 3.24. The molecule has 2 heterocycles. The number of hydrogen-bond acceptors (Lipinski definition) is 3. The van der Waals surface area contributed by atoms with Crippen LogP contribution in [0.25, 0.3) is 10.9 Å². The maximum absolute atomic E-state index is 12.7. The van der Waals surface area contributed by atoms with Gasteiger partial charge in [-0.3, -0.25) is 4.90 Å². The van der Waals surface area contributed by atoms with E-state index >= 15 is 0 Å². The Hall–Kier alpha value is -2.21. The van der Waals surface area contributed by atoms with Crippen LogP contribution in [0.15, 0.2) is 18.3 Å². The molecule has 2 aromatic rings. The van der Waals surface area contributed by atoms with E-state index in [4.69, 9.17) is 0 Å². The van der Waals surface area contributed by atoms with Gasteiger partial charge in [0.05, 0.1) is 0 Å². The van der Waals surface area contributed by atoms with Crippen molar-refractivity contribution in [3.8, 4) is 5.75 Å². The first-order valence-electron chi connectivity index (χ1n) is 10.7. The van der Waals surface area contributed by atoms with Crippen molar-refractivity contribution in [2.24, 2.45) is 0 Å². The monoisotopic (exact) mass is 384 g/mol. The number of carbonyl (C=O) groups excluding carboxylic acids is 1. The molecular formula is C22H32N4O2. The number of phenolic OH excluding ortho intramolecular Hbond substituents is 1. The zero-order valence-corrected chi connectivity index (χ0v) is 17.2. The van der Waals surface area contributed by atoms with Crippen molar-refractivity contribution >= 4 is 16.9 Å². The highest BCUT2D eigenvalue weighted by atomic mass is 16.3. The Morgan fingerprint density at radius 2 is 2.11 bits per heavy atom. The standard InChI is InChI=1S/C22H32N4O2/c1-4-7-26-13-15(24-22(28)25(5-2)6-3)9-17-18-10-16(27)11-19-21(18)14(12-23-19)8-20(17)26/h10-12,15,17,20,23,27H,4-9,13H2,1-3H3,(H,24,28)/t15-,17+,20+/m0/s1. The lowest BCUT2D eigenvalue weighted by Gasteiger charge is -2.47. The molecule has 2 amide bonds. The van der Waals surface area contributed by atoms with E-state index in [1.807, 2.05) is 30.9 Å². The van der Waals surface area contributed by atoms with Gasteiger partial charge in [-0.05, 0) is 56.8 Å². The highest BCUT2D eigenvalue weighted by molar-refractivity contribution is 5.89. The van der Waals surface area contributed by atoms with Gasteiger partial charge in [-0.25, -0.2) is 4.79 Å². The summed E-state index contributed by atoms with van der Waals surface area (Å²) in [5.41, 5.74) is 3.59. The number of aromatic amines is 1. The summed E-state index contributed by atoms with van der Waals surface area (Å²) in [6.07, 6.45) is 5.14. The Bertz CT molecular complexity index is 858. The van der Waals surface area contributed by atoms with Crippen LogP contribution in [0.2, 0.25) is 0 Å². The maximum Gasteiger partial charge on any atom is 0.317 e. The Morgan fingerprint density at radius 3 is 2.82 bits per heavy atom. The molecule has 1 fully saturated rings. The van der Waals surface area contributed by atoms with Crippen LogP contribution in [0.1, 0.15) is 50.7 Å². The molecule has 1 aromatic heterocycles. The number of aromatic nitrogens is 1. The number of carbonyl (C=O) groups is 1. The number of aromatic hydroxyl groups is 1. The van der Waals surface area contributed by atoms with Crippen LogP contribution in [-0.2, 0) is 6.42 Å². The molecule has 1 aliphatic carbocycles. The first kappa shape index (κ1) is 19.1. The first-order chi connectivity index (χ1) is 13.5. The van der Waals surface area contributed by atoms with Gasteiger partial charge in [0.15, 0.2) is 0 Å². The number of benzene rings is 1. The number of nitrogens with one attached hydrogen (secondary N) is 2. The maximum atomic E-state index is 12.7. The third-order valence-electron chi connectivity index (χ3n) is 6.52. The topological polar surface area (TPSA) is 71.6 Å². The Labute approximate surface area is 166 Å². The van der Waals surface area contributed by atoms with E-state index < -0.39 is 0 Å². The van der Waals surface area contributed by atoms with Crippen LogP contribution in [-0.4, -0.2) is 64.2 Å². The second-order valence-electron chi connectivity index (χ2n) is 8.20. The zero-order chi connectivity index (χ0) is 19.8. The van der Waals surface area contributed by atoms with Crippen molar-refractivity contribution in [3.63, 3.8) is 0 Å². The molecule has 4 rings (SSSR count). The summed E-state index contributed by atoms with van der Waals surface area (Å²) in [5, 5.41) is 14.8. The van der Waals surface area contributed by atoms with Crippen LogP contribution in [0, 0.1) is 0 Å². The molecule has 0 radical (unpaired) electrons. The molecule has 6 nitrogen and oxygen atoms in total. The molecule has 1 aliphatic heterocycles. The van der Waals surface area contributed by atoms with Crippen LogP contribution in [0.5, 0.6) is 5.75 Å². The number of nitrogens with zero attached hydrogens (tertiary/aromatic N) is 2. The summed E-state index contributed by atoms with van der Waals surface area (Å²) in [6.45, 7) is 9.61. The highest BCUT2D eigenvalue weighted by Crippen LogP contribution is 2.44. The van der Waals surface area contributed by atoms with Crippen LogP contribution in [0.3, 0.4) is 0 Å². The van der Waals surface area contributed by atoms with Gasteiger partial charge in [0.25, 0.3) is 0 Å². The summed E-state index contributed by atoms with van der Waals surface area (Å²) < 4.78 is 0. The molecular weight excluding hydrogens is 352 g/mol. The van der Waals surface area contributed by atoms with Crippen molar-refractivity contribution in [2.75, 3.05) is 26.2 Å². The number of rotatable bonds is 5. The van der Waals surface area contributed by atoms with E-state index in [1.165, 1.54) is 16.5 Å². The fraction of sp³-hybridized carbons (Fsp3) is 0.591. The molecule has 0 unspecified atom stereocenters. The van der Waals surface area contributed by atoms with Gasteiger partial charge in [0, 0.05) is 60.8 Å². The lowest BCUT2D eigenvalue weighted by molar-refractivity contribution is 0.0979. The van der Waals surface area contributed by atoms with Gasteiger partial charge in [-0.15, -0.1) is 0 Å². The molecule has 3 atom stereocenters. The summed E-state index contributed by atoms with van der Waals surface area (Å²) >= 11 is 0. The minimum atomic E-state index is 0.0316. The molecule has 6 heteroatoms. The molecule has 1 saturated heterocycles. The van der Waals surface area contributed by atoms with E-state index in [1.54, 1.807) is 0 Å². The van der Waals surface area contributed by atoms with Gasteiger partial charge in [0.1, 0.15) is 5.75 Å². The van der Waals surface area contributed by atoms with E-state index in [9.17, 15) is 9.90 Å². The zero-order valence-electron chi connectivity index (χ0n) is 17.2. The molecule has 0 bridgehead atoms. The normalized spacial score (nSPS) is 24.2. The fourth-order valence-corrected chi connectivity index (χ4v) is 5.28. The van der Waals surface area contributed by atoms with Crippen LogP contribution < -0.4 is 5.32 Å². The van der Waals surface area contributed by atoms with Crippen molar-refractivity contribution in [2.45, 2.75) is 58.0 Å². The minimum Gasteiger partial charge on any atom is -0.508 e. The van der Waals surface area contributed by atoms with E-state index in [2.05, 4.69) is 28.3 Å². The number of hydrogen-bond donors (Lipinski definition) is 3.